The van der Waals surface area contributed by atoms with Crippen molar-refractivity contribution in [1.82, 2.24) is 0 Å². The van der Waals surface area contributed by atoms with Gasteiger partial charge < -0.3 is 9.47 Å². The normalized spacial score (nSPS) is 10.3. The van der Waals surface area contributed by atoms with Crippen LogP contribution in [0.1, 0.15) is 58.9 Å². The molecule has 0 spiro atoms. The van der Waals surface area contributed by atoms with E-state index in [4.69, 9.17) is 9.47 Å². The van der Waals surface area contributed by atoms with Crippen LogP contribution in [-0.2, 0) is 9.53 Å². The van der Waals surface area contributed by atoms with Gasteiger partial charge in [0, 0.05) is 16.7 Å². The molecular formula is C25H28O5. The summed E-state index contributed by atoms with van der Waals surface area (Å²) in [5, 5.41) is 0. The first kappa shape index (κ1) is 23.1. The fourth-order valence-electron chi connectivity index (χ4n) is 2.71. The highest BCUT2D eigenvalue weighted by atomic mass is 16.5. The van der Waals surface area contributed by atoms with Crippen molar-refractivity contribution in [1.29, 1.82) is 0 Å². The Bertz CT molecular complexity index is 879. The molecule has 5 nitrogen and oxygen atoms in total. The zero-order valence-corrected chi connectivity index (χ0v) is 17.6. The van der Waals surface area contributed by atoms with E-state index >= 15 is 0 Å². The van der Waals surface area contributed by atoms with Gasteiger partial charge in [-0.1, -0.05) is 36.4 Å². The third-order valence-electron chi connectivity index (χ3n) is 4.53. The Morgan fingerprint density at radius 2 is 1.27 bits per heavy atom. The highest BCUT2D eigenvalue weighted by Crippen LogP contribution is 2.15. The summed E-state index contributed by atoms with van der Waals surface area (Å²) in [6, 6.07) is 13.6. The summed E-state index contributed by atoms with van der Waals surface area (Å²) in [4.78, 5) is 35.9. The number of rotatable bonds is 12. The highest BCUT2D eigenvalue weighted by molar-refractivity contribution is 6.49. The first-order chi connectivity index (χ1) is 14.4. The molecule has 30 heavy (non-hydrogen) atoms. The fourth-order valence-corrected chi connectivity index (χ4v) is 2.71. The van der Waals surface area contributed by atoms with Gasteiger partial charge in [-0.2, -0.15) is 0 Å². The topological polar surface area (TPSA) is 69.7 Å². The smallest absolute Gasteiger partial charge is 0.333 e. The second kappa shape index (κ2) is 11.7. The largest absolute Gasteiger partial charge is 0.494 e. The van der Waals surface area contributed by atoms with Gasteiger partial charge in [0.25, 0.3) is 0 Å². The number of hydrogen-bond donors (Lipinski definition) is 0. The van der Waals surface area contributed by atoms with Gasteiger partial charge in [-0.15, -0.1) is 0 Å². The number of carbonyl (C=O) groups excluding carboxylic acids is 3. The van der Waals surface area contributed by atoms with Crippen LogP contribution in [0.4, 0.5) is 0 Å². The van der Waals surface area contributed by atoms with E-state index in [0.29, 0.717) is 35.7 Å². The molecule has 0 bridgehead atoms. The Labute approximate surface area is 177 Å². The third-order valence-corrected chi connectivity index (χ3v) is 4.53. The van der Waals surface area contributed by atoms with Gasteiger partial charge in [0.05, 0.1) is 13.2 Å². The predicted molar refractivity (Wildman–Crippen MR) is 116 cm³/mol. The Morgan fingerprint density at radius 1 is 0.767 bits per heavy atom. The van der Waals surface area contributed by atoms with Gasteiger partial charge in [-0.25, -0.2) is 4.79 Å². The van der Waals surface area contributed by atoms with Crippen LogP contribution in [0.15, 0.2) is 60.7 Å². The fraction of sp³-hybridized carbons (Fsp3) is 0.320. The van der Waals surface area contributed by atoms with Gasteiger partial charge in [-0.05, 0) is 63.8 Å². The number of unbranched alkanes of at least 4 members (excludes halogenated alkanes) is 3. The van der Waals surface area contributed by atoms with Crippen LogP contribution in [0.3, 0.4) is 0 Å². The predicted octanol–water partition coefficient (Wildman–Crippen LogP) is 5.12. The molecule has 0 unspecified atom stereocenters. The Hall–Kier alpha value is -3.21. The molecule has 0 aliphatic heterocycles. The minimum atomic E-state index is -0.530. The maximum Gasteiger partial charge on any atom is 0.333 e. The minimum Gasteiger partial charge on any atom is -0.494 e. The van der Waals surface area contributed by atoms with E-state index in [1.807, 2.05) is 19.1 Å². The van der Waals surface area contributed by atoms with Crippen molar-refractivity contribution < 1.29 is 23.9 Å². The van der Waals surface area contributed by atoms with Crippen molar-refractivity contribution in [2.45, 2.75) is 39.5 Å². The second-order valence-electron chi connectivity index (χ2n) is 7.23. The summed E-state index contributed by atoms with van der Waals surface area (Å²) in [6.45, 7) is 8.06. The zero-order chi connectivity index (χ0) is 21.9. The number of ether oxygens (including phenoxy) is 2. The van der Waals surface area contributed by atoms with Crippen molar-refractivity contribution in [2.75, 3.05) is 13.2 Å². The lowest BCUT2D eigenvalue weighted by atomic mass is 10.0. The summed E-state index contributed by atoms with van der Waals surface area (Å²) in [5.41, 5.74) is 2.18. The first-order valence-corrected chi connectivity index (χ1v) is 10.1. The summed E-state index contributed by atoms with van der Waals surface area (Å²) >= 11 is 0. The minimum absolute atomic E-state index is 0.345. The summed E-state index contributed by atoms with van der Waals surface area (Å²) in [5.74, 6) is -0.735. The lowest BCUT2D eigenvalue weighted by Crippen LogP contribution is -2.14. The van der Waals surface area contributed by atoms with Gasteiger partial charge >= 0.3 is 5.97 Å². The van der Waals surface area contributed by atoms with Crippen molar-refractivity contribution in [2.24, 2.45) is 0 Å². The van der Waals surface area contributed by atoms with Gasteiger partial charge in [0.1, 0.15) is 5.75 Å². The number of esters is 1. The average Bonchev–Trinajstić information content (AvgIpc) is 2.75. The van der Waals surface area contributed by atoms with Crippen molar-refractivity contribution in [3.63, 3.8) is 0 Å². The van der Waals surface area contributed by atoms with E-state index in [-0.39, 0.29) is 5.97 Å². The molecule has 0 aliphatic rings. The molecule has 0 heterocycles. The van der Waals surface area contributed by atoms with Crippen molar-refractivity contribution in [3.8, 4) is 5.75 Å². The maximum atomic E-state index is 12.4. The van der Waals surface area contributed by atoms with E-state index in [0.717, 1.165) is 31.2 Å². The van der Waals surface area contributed by atoms with Gasteiger partial charge in [-0.3, -0.25) is 9.59 Å². The van der Waals surface area contributed by atoms with E-state index in [2.05, 4.69) is 6.58 Å². The molecule has 0 aromatic heterocycles. The van der Waals surface area contributed by atoms with E-state index in [1.54, 1.807) is 43.3 Å². The number of carbonyl (C=O) groups is 3. The monoisotopic (exact) mass is 408 g/mol. The molecule has 0 atom stereocenters. The SMILES string of the molecule is C=C(C)C(=O)OCCCCCCOc1ccc(C(=O)C(=O)c2ccc(C)cc2)cc1. The lowest BCUT2D eigenvalue weighted by molar-refractivity contribution is -0.139. The number of benzene rings is 2. The number of aryl methyl sites for hydroxylation is 1. The Balaban J connectivity index is 1.69. The molecule has 5 heteroatoms. The van der Waals surface area contributed by atoms with Crippen LogP contribution in [0.25, 0.3) is 0 Å². The molecule has 0 amide bonds. The average molecular weight is 408 g/mol. The molecule has 0 saturated heterocycles. The molecule has 2 aromatic rings. The van der Waals surface area contributed by atoms with Crippen LogP contribution in [0, 0.1) is 6.92 Å². The van der Waals surface area contributed by atoms with E-state index in [1.165, 1.54) is 0 Å². The van der Waals surface area contributed by atoms with E-state index < -0.39 is 11.6 Å². The molecule has 158 valence electrons. The molecular weight excluding hydrogens is 380 g/mol. The second-order valence-corrected chi connectivity index (χ2v) is 7.23. The lowest BCUT2D eigenvalue weighted by Gasteiger charge is -2.07. The molecule has 2 rings (SSSR count). The van der Waals surface area contributed by atoms with Gasteiger partial charge in [0.15, 0.2) is 0 Å². The van der Waals surface area contributed by atoms with E-state index in [9.17, 15) is 14.4 Å². The van der Waals surface area contributed by atoms with Crippen molar-refractivity contribution in [3.05, 3.63) is 77.4 Å². The number of hydrogen-bond acceptors (Lipinski definition) is 5. The molecule has 0 fully saturated rings. The quantitative estimate of drug-likeness (QED) is 0.160. The zero-order valence-electron chi connectivity index (χ0n) is 17.6. The Kier molecular flexibility index (Phi) is 9.01. The first-order valence-electron chi connectivity index (χ1n) is 10.1. The molecule has 0 saturated carbocycles. The molecule has 0 aliphatic carbocycles. The summed E-state index contributed by atoms with van der Waals surface area (Å²) < 4.78 is 10.7. The molecule has 2 aromatic carbocycles. The maximum absolute atomic E-state index is 12.4. The van der Waals surface area contributed by atoms with Crippen LogP contribution in [0.5, 0.6) is 5.75 Å². The van der Waals surface area contributed by atoms with Gasteiger partial charge in [0.2, 0.25) is 11.6 Å². The third kappa shape index (κ3) is 7.32. The standard InChI is InChI=1S/C25H28O5/c1-18(2)25(28)30-17-7-5-4-6-16-29-22-14-12-21(13-15-22)24(27)23(26)20-10-8-19(3)9-11-20/h8-15H,1,4-7,16-17H2,2-3H3. The summed E-state index contributed by atoms with van der Waals surface area (Å²) in [7, 11) is 0. The van der Waals surface area contributed by atoms with Crippen LogP contribution < -0.4 is 4.74 Å². The summed E-state index contributed by atoms with van der Waals surface area (Å²) in [6.07, 6.45) is 3.60. The van der Waals surface area contributed by atoms with Crippen LogP contribution >= 0.6 is 0 Å². The van der Waals surface area contributed by atoms with Crippen molar-refractivity contribution >= 4 is 17.5 Å². The number of ketones is 2. The van der Waals surface area contributed by atoms with Crippen LogP contribution in [-0.4, -0.2) is 30.7 Å². The number of Topliss-reactive ketones (excluding diaryl/α,β-unsaturated/α-hetero) is 2. The molecule has 0 radical (unpaired) electrons. The molecule has 0 N–H and O–H groups in total. The Morgan fingerprint density at radius 3 is 1.80 bits per heavy atom. The highest BCUT2D eigenvalue weighted by Gasteiger charge is 2.18. The van der Waals surface area contributed by atoms with Crippen LogP contribution in [0.2, 0.25) is 0 Å².